The van der Waals surface area contributed by atoms with E-state index in [1.807, 2.05) is 0 Å². The van der Waals surface area contributed by atoms with Crippen LogP contribution in [-0.2, 0) is 11.3 Å². The summed E-state index contributed by atoms with van der Waals surface area (Å²) in [7, 11) is 0. The SMILES string of the molecule is O[C@H](CN1CCOCC1)CN(Cc1ccc(F)cc1F)C1CC1. The monoisotopic (exact) mass is 326 g/mol. The lowest BCUT2D eigenvalue weighted by Gasteiger charge is -2.31. The maximum absolute atomic E-state index is 13.9. The normalized spacial score (nSPS) is 20.9. The van der Waals surface area contributed by atoms with E-state index in [1.165, 1.54) is 12.1 Å². The predicted octanol–water partition coefficient (Wildman–Crippen LogP) is 1.62. The number of rotatable bonds is 7. The molecule has 0 bridgehead atoms. The van der Waals surface area contributed by atoms with Crippen molar-refractivity contribution < 1.29 is 18.6 Å². The quantitative estimate of drug-likeness (QED) is 0.826. The fourth-order valence-corrected chi connectivity index (χ4v) is 3.06. The Bertz CT molecular complexity index is 519. The molecule has 1 heterocycles. The first kappa shape index (κ1) is 16.8. The number of hydrogen-bond acceptors (Lipinski definition) is 4. The van der Waals surface area contributed by atoms with Crippen LogP contribution in [0.25, 0.3) is 0 Å². The van der Waals surface area contributed by atoms with Gasteiger partial charge < -0.3 is 9.84 Å². The molecule has 0 radical (unpaired) electrons. The van der Waals surface area contributed by atoms with E-state index in [9.17, 15) is 13.9 Å². The second-order valence-corrected chi connectivity index (χ2v) is 6.46. The summed E-state index contributed by atoms with van der Waals surface area (Å²) in [5.41, 5.74) is 0.483. The number of β-amino-alcohol motifs (C(OH)–C–C–N with tert-alkyl or cyclic N) is 1. The minimum atomic E-state index is -0.559. The third-order valence-electron chi connectivity index (χ3n) is 4.47. The van der Waals surface area contributed by atoms with E-state index in [4.69, 9.17) is 4.74 Å². The molecule has 1 saturated carbocycles. The fraction of sp³-hybridized carbons (Fsp3) is 0.647. The van der Waals surface area contributed by atoms with E-state index in [-0.39, 0.29) is 0 Å². The van der Waals surface area contributed by atoms with Gasteiger partial charge in [0.1, 0.15) is 11.6 Å². The molecule has 0 aromatic heterocycles. The first-order valence-corrected chi connectivity index (χ1v) is 8.28. The average molecular weight is 326 g/mol. The Morgan fingerprint density at radius 1 is 1.26 bits per heavy atom. The molecule has 1 N–H and O–H groups in total. The Morgan fingerprint density at radius 3 is 2.65 bits per heavy atom. The van der Waals surface area contributed by atoms with E-state index < -0.39 is 17.7 Å². The first-order chi connectivity index (χ1) is 11.1. The molecule has 2 aliphatic rings. The lowest BCUT2D eigenvalue weighted by Crippen LogP contribution is -2.45. The van der Waals surface area contributed by atoms with Gasteiger partial charge in [0.25, 0.3) is 0 Å². The van der Waals surface area contributed by atoms with Crippen LogP contribution in [0.3, 0.4) is 0 Å². The lowest BCUT2D eigenvalue weighted by molar-refractivity contribution is 0.00543. The number of nitrogens with zero attached hydrogens (tertiary/aromatic N) is 2. The van der Waals surface area contributed by atoms with E-state index >= 15 is 0 Å². The minimum Gasteiger partial charge on any atom is -0.390 e. The third kappa shape index (κ3) is 4.94. The Balaban J connectivity index is 1.56. The van der Waals surface area contributed by atoms with Gasteiger partial charge in [-0.3, -0.25) is 9.80 Å². The van der Waals surface area contributed by atoms with Gasteiger partial charge in [-0.2, -0.15) is 0 Å². The maximum atomic E-state index is 13.9. The van der Waals surface area contributed by atoms with Crippen LogP contribution >= 0.6 is 0 Å². The van der Waals surface area contributed by atoms with Gasteiger partial charge in [0.15, 0.2) is 0 Å². The lowest BCUT2D eigenvalue weighted by atomic mass is 10.1. The van der Waals surface area contributed by atoms with Crippen molar-refractivity contribution in [1.82, 2.24) is 9.80 Å². The van der Waals surface area contributed by atoms with Crippen LogP contribution in [0, 0.1) is 11.6 Å². The van der Waals surface area contributed by atoms with Crippen LogP contribution in [0.2, 0.25) is 0 Å². The number of benzene rings is 1. The summed E-state index contributed by atoms with van der Waals surface area (Å²) in [5.74, 6) is -1.07. The molecule has 6 heteroatoms. The molecule has 1 aliphatic heterocycles. The molecule has 2 fully saturated rings. The topological polar surface area (TPSA) is 35.9 Å². The number of aliphatic hydroxyl groups excluding tert-OH is 1. The Hall–Kier alpha value is -1.08. The largest absolute Gasteiger partial charge is 0.390 e. The summed E-state index contributed by atoms with van der Waals surface area (Å²) in [6.45, 7) is 4.63. The van der Waals surface area contributed by atoms with Crippen LogP contribution in [0.5, 0.6) is 0 Å². The van der Waals surface area contributed by atoms with E-state index in [1.54, 1.807) is 0 Å². The molecule has 1 saturated heterocycles. The van der Waals surface area contributed by atoms with Gasteiger partial charge in [-0.05, 0) is 18.9 Å². The molecule has 128 valence electrons. The minimum absolute atomic E-state index is 0.402. The second kappa shape index (κ2) is 7.66. The van der Waals surface area contributed by atoms with Crippen molar-refractivity contribution in [3.63, 3.8) is 0 Å². The summed E-state index contributed by atoms with van der Waals surface area (Å²) in [5, 5.41) is 10.4. The summed E-state index contributed by atoms with van der Waals surface area (Å²) in [4.78, 5) is 4.30. The Morgan fingerprint density at radius 2 is 2.00 bits per heavy atom. The smallest absolute Gasteiger partial charge is 0.130 e. The van der Waals surface area contributed by atoms with Crippen LogP contribution in [0.15, 0.2) is 18.2 Å². The molecule has 0 spiro atoms. The summed E-state index contributed by atoms with van der Waals surface area (Å²) >= 11 is 0. The Kier molecular flexibility index (Phi) is 5.58. The van der Waals surface area contributed by atoms with Gasteiger partial charge >= 0.3 is 0 Å². The van der Waals surface area contributed by atoms with E-state index in [2.05, 4.69) is 9.80 Å². The van der Waals surface area contributed by atoms with E-state index in [0.717, 1.165) is 32.0 Å². The number of morpholine rings is 1. The molecular weight excluding hydrogens is 302 g/mol. The average Bonchev–Trinajstić information content (AvgIpc) is 3.35. The van der Waals surface area contributed by atoms with Crippen molar-refractivity contribution >= 4 is 0 Å². The molecule has 1 aromatic carbocycles. The summed E-state index contributed by atoms with van der Waals surface area (Å²) in [6.07, 6.45) is 1.68. The highest BCUT2D eigenvalue weighted by molar-refractivity contribution is 5.18. The van der Waals surface area contributed by atoms with Gasteiger partial charge in [-0.15, -0.1) is 0 Å². The van der Waals surface area contributed by atoms with Crippen molar-refractivity contribution in [1.29, 1.82) is 0 Å². The van der Waals surface area contributed by atoms with Crippen LogP contribution in [-0.4, -0.2) is 66.4 Å². The summed E-state index contributed by atoms with van der Waals surface area (Å²) in [6, 6.07) is 4.10. The van der Waals surface area contributed by atoms with Crippen molar-refractivity contribution in [3.05, 3.63) is 35.4 Å². The third-order valence-corrected chi connectivity index (χ3v) is 4.47. The molecule has 0 amide bonds. The van der Waals surface area contributed by atoms with Gasteiger partial charge in [-0.1, -0.05) is 6.07 Å². The highest BCUT2D eigenvalue weighted by Crippen LogP contribution is 2.29. The highest BCUT2D eigenvalue weighted by Gasteiger charge is 2.31. The molecule has 4 nitrogen and oxygen atoms in total. The molecular formula is C17H24F2N2O2. The maximum Gasteiger partial charge on any atom is 0.130 e. The van der Waals surface area contributed by atoms with Gasteiger partial charge in [0, 0.05) is 50.4 Å². The standard InChI is InChI=1S/C17H24F2N2O2/c18-14-2-1-13(17(19)9-14)10-21(15-3-4-15)12-16(22)11-20-5-7-23-8-6-20/h1-2,9,15-16,22H,3-8,10-12H2/t16-/m1/s1. The molecule has 3 rings (SSSR count). The van der Waals surface area contributed by atoms with Crippen LogP contribution < -0.4 is 0 Å². The zero-order chi connectivity index (χ0) is 16.2. The number of hydrogen-bond donors (Lipinski definition) is 1. The van der Waals surface area contributed by atoms with Gasteiger partial charge in [0.2, 0.25) is 0 Å². The van der Waals surface area contributed by atoms with Crippen molar-refractivity contribution in [2.75, 3.05) is 39.4 Å². The van der Waals surface area contributed by atoms with Crippen LogP contribution in [0.4, 0.5) is 8.78 Å². The van der Waals surface area contributed by atoms with Gasteiger partial charge in [0.05, 0.1) is 19.3 Å². The van der Waals surface area contributed by atoms with Crippen molar-refractivity contribution in [2.24, 2.45) is 0 Å². The zero-order valence-electron chi connectivity index (χ0n) is 13.3. The summed E-state index contributed by atoms with van der Waals surface area (Å²) < 4.78 is 32.2. The number of aliphatic hydroxyl groups is 1. The molecule has 1 aromatic rings. The van der Waals surface area contributed by atoms with E-state index in [0.29, 0.717) is 44.5 Å². The molecule has 23 heavy (non-hydrogen) atoms. The van der Waals surface area contributed by atoms with Crippen LogP contribution in [0.1, 0.15) is 18.4 Å². The number of ether oxygens (including phenoxy) is 1. The fourth-order valence-electron chi connectivity index (χ4n) is 3.06. The molecule has 0 unspecified atom stereocenters. The van der Waals surface area contributed by atoms with Crippen molar-refractivity contribution in [3.8, 4) is 0 Å². The number of halogens is 2. The highest BCUT2D eigenvalue weighted by atomic mass is 19.1. The predicted molar refractivity (Wildman–Crippen MR) is 83.1 cm³/mol. The van der Waals surface area contributed by atoms with Crippen molar-refractivity contribution in [2.45, 2.75) is 31.5 Å². The second-order valence-electron chi connectivity index (χ2n) is 6.46. The van der Waals surface area contributed by atoms with Gasteiger partial charge in [-0.25, -0.2) is 8.78 Å². The molecule has 1 atom stereocenters. The first-order valence-electron chi connectivity index (χ1n) is 8.28. The Labute approximate surface area is 135 Å². The molecule has 1 aliphatic carbocycles. The zero-order valence-corrected chi connectivity index (χ0v) is 13.3.